The molecule has 2 amide bonds. The van der Waals surface area contributed by atoms with E-state index in [9.17, 15) is 9.59 Å². The van der Waals surface area contributed by atoms with Crippen molar-refractivity contribution in [2.45, 2.75) is 26.2 Å². The molecule has 32 heavy (non-hydrogen) atoms. The van der Waals surface area contributed by atoms with Crippen LogP contribution in [0.4, 0.5) is 0 Å². The summed E-state index contributed by atoms with van der Waals surface area (Å²) < 4.78 is 0. The Labute approximate surface area is 192 Å². The molecule has 1 aliphatic heterocycles. The Morgan fingerprint density at radius 1 is 1.19 bits per heavy atom. The van der Waals surface area contributed by atoms with Gasteiger partial charge in [-0.1, -0.05) is 24.3 Å². The van der Waals surface area contributed by atoms with Crippen LogP contribution in [0.1, 0.15) is 33.6 Å². The second-order valence-corrected chi connectivity index (χ2v) is 9.83. The van der Waals surface area contributed by atoms with E-state index in [1.165, 1.54) is 6.33 Å². The zero-order valence-corrected chi connectivity index (χ0v) is 19.6. The lowest BCUT2D eigenvalue weighted by atomic mass is 9.73. The maximum Gasteiger partial charge on any atom is 0.254 e. The van der Waals surface area contributed by atoms with E-state index in [0.29, 0.717) is 25.1 Å². The van der Waals surface area contributed by atoms with Gasteiger partial charge in [-0.25, -0.2) is 9.97 Å². The van der Waals surface area contributed by atoms with Crippen molar-refractivity contribution in [1.29, 1.82) is 0 Å². The Hall–Kier alpha value is -3.06. The molecule has 0 N–H and O–H groups in total. The molecule has 0 spiro atoms. The first-order valence-corrected chi connectivity index (χ1v) is 11.7. The van der Waals surface area contributed by atoms with Crippen molar-refractivity contribution in [3.05, 3.63) is 70.4 Å². The van der Waals surface area contributed by atoms with Crippen LogP contribution in [0.3, 0.4) is 0 Å². The molecule has 4 rings (SSSR count). The highest BCUT2D eigenvalue weighted by Crippen LogP contribution is 2.38. The lowest BCUT2D eigenvalue weighted by Crippen LogP contribution is -2.54. The molecule has 1 aliphatic rings. The summed E-state index contributed by atoms with van der Waals surface area (Å²) >= 11 is 1.58. The number of thiophene rings is 1. The monoisotopic (exact) mass is 448 g/mol. The summed E-state index contributed by atoms with van der Waals surface area (Å²) in [6.07, 6.45) is 7.20. The molecule has 0 radical (unpaired) electrons. The van der Waals surface area contributed by atoms with Crippen LogP contribution < -0.4 is 0 Å². The third kappa shape index (κ3) is 4.43. The SMILES string of the molecule is Cc1cc(C(=O)N2CCCC(Cc3ccccc3-c3cncnc3)(C(=O)N(C)C)C2)cs1. The minimum atomic E-state index is -0.672. The highest BCUT2D eigenvalue weighted by atomic mass is 32.1. The van der Waals surface area contributed by atoms with E-state index in [-0.39, 0.29) is 11.8 Å². The predicted molar refractivity (Wildman–Crippen MR) is 126 cm³/mol. The van der Waals surface area contributed by atoms with Crippen molar-refractivity contribution in [1.82, 2.24) is 19.8 Å². The average Bonchev–Trinajstić information content (AvgIpc) is 3.25. The van der Waals surface area contributed by atoms with Crippen molar-refractivity contribution in [3.8, 4) is 11.1 Å². The number of likely N-dealkylation sites (tertiary alicyclic amines) is 1. The van der Waals surface area contributed by atoms with Crippen LogP contribution in [0.15, 0.2) is 54.4 Å². The number of aromatic nitrogens is 2. The molecule has 0 aliphatic carbocycles. The molecular weight excluding hydrogens is 420 g/mol. The summed E-state index contributed by atoms with van der Waals surface area (Å²) in [7, 11) is 3.59. The summed E-state index contributed by atoms with van der Waals surface area (Å²) in [6.45, 7) is 3.09. The number of carbonyl (C=O) groups is 2. The first-order valence-electron chi connectivity index (χ1n) is 10.8. The zero-order chi connectivity index (χ0) is 22.7. The van der Waals surface area contributed by atoms with Gasteiger partial charge in [0.05, 0.1) is 11.0 Å². The van der Waals surface area contributed by atoms with Gasteiger partial charge in [0.1, 0.15) is 6.33 Å². The smallest absolute Gasteiger partial charge is 0.254 e. The second kappa shape index (κ2) is 9.20. The molecule has 1 saturated heterocycles. The highest BCUT2D eigenvalue weighted by molar-refractivity contribution is 7.10. The van der Waals surface area contributed by atoms with Crippen LogP contribution in [0.5, 0.6) is 0 Å². The molecule has 1 fully saturated rings. The van der Waals surface area contributed by atoms with Crippen molar-refractivity contribution in [2.24, 2.45) is 5.41 Å². The minimum Gasteiger partial charge on any atom is -0.348 e. The fourth-order valence-corrected chi connectivity index (χ4v) is 5.35. The molecular formula is C25H28N4O2S. The largest absolute Gasteiger partial charge is 0.348 e. The number of piperidine rings is 1. The van der Waals surface area contributed by atoms with Gasteiger partial charge in [-0.3, -0.25) is 9.59 Å². The Morgan fingerprint density at radius 2 is 1.94 bits per heavy atom. The van der Waals surface area contributed by atoms with E-state index in [1.54, 1.807) is 42.7 Å². The normalized spacial score (nSPS) is 18.4. The third-order valence-corrected chi connectivity index (χ3v) is 6.98. The maximum absolute atomic E-state index is 13.5. The topological polar surface area (TPSA) is 66.4 Å². The van der Waals surface area contributed by atoms with Crippen molar-refractivity contribution in [3.63, 3.8) is 0 Å². The van der Waals surface area contributed by atoms with Gasteiger partial charge in [-0.15, -0.1) is 11.3 Å². The summed E-state index contributed by atoms with van der Waals surface area (Å²) in [5, 5.41) is 1.91. The number of rotatable bonds is 5. The first kappa shape index (κ1) is 22.1. The fourth-order valence-electron chi connectivity index (χ4n) is 4.67. The van der Waals surface area contributed by atoms with Crippen molar-refractivity contribution < 1.29 is 9.59 Å². The van der Waals surface area contributed by atoms with Crippen LogP contribution >= 0.6 is 11.3 Å². The van der Waals surface area contributed by atoms with Gasteiger partial charge in [0, 0.05) is 55.4 Å². The van der Waals surface area contributed by atoms with E-state index in [1.807, 2.05) is 41.5 Å². The Bertz CT molecular complexity index is 1110. The van der Waals surface area contributed by atoms with Gasteiger partial charge < -0.3 is 9.80 Å². The highest BCUT2D eigenvalue weighted by Gasteiger charge is 2.44. The quantitative estimate of drug-likeness (QED) is 0.590. The number of amides is 2. The van der Waals surface area contributed by atoms with Crippen LogP contribution in [0.2, 0.25) is 0 Å². The molecule has 3 aromatic rings. The van der Waals surface area contributed by atoms with E-state index in [2.05, 4.69) is 16.0 Å². The van der Waals surface area contributed by atoms with E-state index in [4.69, 9.17) is 0 Å². The Balaban J connectivity index is 1.69. The van der Waals surface area contributed by atoms with E-state index in [0.717, 1.165) is 34.4 Å². The molecule has 3 heterocycles. The number of hydrogen-bond donors (Lipinski definition) is 0. The minimum absolute atomic E-state index is 0.00901. The zero-order valence-electron chi connectivity index (χ0n) is 18.7. The summed E-state index contributed by atoms with van der Waals surface area (Å²) in [6, 6.07) is 10.0. The van der Waals surface area contributed by atoms with Crippen LogP contribution in [0, 0.1) is 12.3 Å². The standard InChI is InChI=1S/C25H28N4O2S/c1-18-11-20(15-32-18)23(30)29-10-6-9-25(16-29,24(31)28(2)3)12-19-7-4-5-8-22(19)21-13-26-17-27-14-21/h4-5,7-8,11,13-15,17H,6,9-10,12,16H2,1-3H3. The Kier molecular flexibility index (Phi) is 6.37. The average molecular weight is 449 g/mol. The fraction of sp³-hybridized carbons (Fsp3) is 0.360. The molecule has 1 aromatic carbocycles. The molecule has 7 heteroatoms. The van der Waals surface area contributed by atoms with Crippen LogP contribution in [-0.2, 0) is 11.2 Å². The first-order chi connectivity index (χ1) is 15.4. The van der Waals surface area contributed by atoms with Gasteiger partial charge in [-0.05, 0) is 43.4 Å². The van der Waals surface area contributed by atoms with Gasteiger partial charge in [-0.2, -0.15) is 0 Å². The maximum atomic E-state index is 13.5. The molecule has 1 atom stereocenters. The number of hydrogen-bond acceptors (Lipinski definition) is 5. The molecule has 166 valence electrons. The van der Waals surface area contributed by atoms with Gasteiger partial charge in [0.2, 0.25) is 5.91 Å². The van der Waals surface area contributed by atoms with Gasteiger partial charge in [0.25, 0.3) is 5.91 Å². The molecule has 0 bridgehead atoms. The number of aryl methyl sites for hydroxylation is 1. The van der Waals surface area contributed by atoms with Crippen molar-refractivity contribution in [2.75, 3.05) is 27.2 Å². The van der Waals surface area contributed by atoms with E-state index < -0.39 is 5.41 Å². The Morgan fingerprint density at radius 3 is 2.62 bits per heavy atom. The number of nitrogens with zero attached hydrogens (tertiary/aromatic N) is 4. The number of benzene rings is 1. The van der Waals surface area contributed by atoms with Gasteiger partial charge in [0.15, 0.2) is 0 Å². The predicted octanol–water partition coefficient (Wildman–Crippen LogP) is 4.07. The molecule has 2 aromatic heterocycles. The summed E-state index contributed by atoms with van der Waals surface area (Å²) in [5.41, 5.74) is 3.05. The molecule has 1 unspecified atom stereocenters. The molecule has 6 nitrogen and oxygen atoms in total. The second-order valence-electron chi connectivity index (χ2n) is 8.72. The van der Waals surface area contributed by atoms with Crippen LogP contribution in [-0.4, -0.2) is 58.8 Å². The molecule has 0 saturated carbocycles. The third-order valence-electron chi connectivity index (χ3n) is 6.12. The van der Waals surface area contributed by atoms with E-state index >= 15 is 0 Å². The lowest BCUT2D eigenvalue weighted by molar-refractivity contribution is -0.142. The van der Waals surface area contributed by atoms with Crippen molar-refractivity contribution >= 4 is 23.2 Å². The van der Waals surface area contributed by atoms with Gasteiger partial charge >= 0.3 is 0 Å². The summed E-state index contributed by atoms with van der Waals surface area (Å²) in [5.74, 6) is 0.0744. The number of carbonyl (C=O) groups excluding carboxylic acids is 2. The summed E-state index contributed by atoms with van der Waals surface area (Å²) in [4.78, 5) is 39.7. The lowest BCUT2D eigenvalue weighted by Gasteiger charge is -2.43. The van der Waals surface area contributed by atoms with Crippen LogP contribution in [0.25, 0.3) is 11.1 Å².